The van der Waals surface area contributed by atoms with Crippen molar-refractivity contribution in [2.24, 2.45) is 0 Å². The standard InChI is InChI=1S/C18H27N3O3/c1-4-5-14-15(18(23)24-3)11(2)19-16(14)17(22)20-12-8-9-21(10-12)13-6-7-13/h12-13,19H,4-10H2,1-3H3,(H,20,22)/t12-/m0/s1. The van der Waals surface area contributed by atoms with Crippen molar-refractivity contribution in [3.05, 3.63) is 22.5 Å². The minimum atomic E-state index is -0.382. The summed E-state index contributed by atoms with van der Waals surface area (Å²) in [6.07, 6.45) is 5.12. The zero-order valence-corrected chi connectivity index (χ0v) is 14.8. The molecule has 0 radical (unpaired) electrons. The molecule has 1 amide bonds. The quantitative estimate of drug-likeness (QED) is 0.781. The number of aryl methyl sites for hydroxylation is 1. The number of aromatic nitrogens is 1. The molecule has 0 unspecified atom stereocenters. The van der Waals surface area contributed by atoms with Crippen LogP contribution in [0.3, 0.4) is 0 Å². The van der Waals surface area contributed by atoms with Gasteiger partial charge < -0.3 is 15.0 Å². The molecular formula is C18H27N3O3. The first kappa shape index (κ1) is 17.0. The number of rotatable bonds is 6. The van der Waals surface area contributed by atoms with Crippen molar-refractivity contribution in [1.29, 1.82) is 0 Å². The van der Waals surface area contributed by atoms with Crippen molar-refractivity contribution in [2.45, 2.75) is 58.0 Å². The van der Waals surface area contributed by atoms with Gasteiger partial charge in [0.2, 0.25) is 0 Å². The molecule has 1 aromatic rings. The van der Waals surface area contributed by atoms with E-state index < -0.39 is 0 Å². The van der Waals surface area contributed by atoms with E-state index in [2.05, 4.69) is 15.2 Å². The Kier molecular flexibility index (Phi) is 4.94. The summed E-state index contributed by atoms with van der Waals surface area (Å²) in [4.78, 5) is 30.4. The third kappa shape index (κ3) is 3.34. The van der Waals surface area contributed by atoms with Crippen LogP contribution in [0.25, 0.3) is 0 Å². The van der Waals surface area contributed by atoms with Crippen molar-refractivity contribution in [3.63, 3.8) is 0 Å². The molecule has 1 atom stereocenters. The Labute approximate surface area is 142 Å². The largest absolute Gasteiger partial charge is 0.465 e. The molecule has 132 valence electrons. The molecule has 1 saturated carbocycles. The molecule has 1 saturated heterocycles. The maximum atomic E-state index is 12.8. The fourth-order valence-corrected chi connectivity index (χ4v) is 3.68. The number of carbonyl (C=O) groups is 2. The van der Waals surface area contributed by atoms with Crippen LogP contribution in [-0.2, 0) is 11.2 Å². The van der Waals surface area contributed by atoms with Gasteiger partial charge in [0.25, 0.3) is 5.91 Å². The lowest BCUT2D eigenvalue weighted by Gasteiger charge is -2.16. The molecule has 1 aliphatic carbocycles. The summed E-state index contributed by atoms with van der Waals surface area (Å²) >= 11 is 0. The molecule has 1 aromatic heterocycles. The van der Waals surface area contributed by atoms with Crippen molar-refractivity contribution >= 4 is 11.9 Å². The van der Waals surface area contributed by atoms with Gasteiger partial charge >= 0.3 is 5.97 Å². The number of ether oxygens (including phenoxy) is 1. The third-order valence-electron chi connectivity index (χ3n) is 5.03. The summed E-state index contributed by atoms with van der Waals surface area (Å²) in [6.45, 7) is 5.85. The molecule has 6 nitrogen and oxygen atoms in total. The maximum absolute atomic E-state index is 12.8. The number of methoxy groups -OCH3 is 1. The molecule has 6 heteroatoms. The highest BCUT2D eigenvalue weighted by molar-refractivity contribution is 6.00. The Hall–Kier alpha value is -1.82. The molecule has 0 aromatic carbocycles. The molecule has 1 aliphatic heterocycles. The van der Waals surface area contributed by atoms with Crippen molar-refractivity contribution in [3.8, 4) is 0 Å². The van der Waals surface area contributed by atoms with E-state index in [0.29, 0.717) is 23.4 Å². The minimum Gasteiger partial charge on any atom is -0.465 e. The van der Waals surface area contributed by atoms with Crippen LogP contribution < -0.4 is 5.32 Å². The molecule has 2 fully saturated rings. The van der Waals surface area contributed by atoms with Gasteiger partial charge in [-0.05, 0) is 38.2 Å². The van der Waals surface area contributed by atoms with E-state index in [1.807, 2.05) is 13.8 Å². The molecule has 24 heavy (non-hydrogen) atoms. The number of hydrogen-bond donors (Lipinski definition) is 2. The molecule has 0 spiro atoms. The molecule has 2 aliphatic rings. The van der Waals surface area contributed by atoms with E-state index in [1.165, 1.54) is 20.0 Å². The highest BCUT2D eigenvalue weighted by atomic mass is 16.5. The number of carbonyl (C=O) groups excluding carboxylic acids is 2. The Morgan fingerprint density at radius 1 is 1.33 bits per heavy atom. The van der Waals surface area contributed by atoms with Crippen LogP contribution in [0.4, 0.5) is 0 Å². The lowest BCUT2D eigenvalue weighted by atomic mass is 10.0. The minimum absolute atomic E-state index is 0.112. The first-order valence-corrected chi connectivity index (χ1v) is 8.89. The summed E-state index contributed by atoms with van der Waals surface area (Å²) in [5, 5.41) is 3.14. The van der Waals surface area contributed by atoms with Crippen LogP contribution in [-0.4, -0.2) is 54.0 Å². The second-order valence-corrected chi connectivity index (χ2v) is 6.91. The van der Waals surface area contributed by atoms with E-state index >= 15 is 0 Å². The fourth-order valence-electron chi connectivity index (χ4n) is 3.68. The van der Waals surface area contributed by atoms with Crippen molar-refractivity contribution < 1.29 is 14.3 Å². The van der Waals surface area contributed by atoms with E-state index in [-0.39, 0.29) is 17.9 Å². The monoisotopic (exact) mass is 333 g/mol. The number of H-pyrrole nitrogens is 1. The lowest BCUT2D eigenvalue weighted by molar-refractivity contribution is 0.0599. The van der Waals surface area contributed by atoms with Gasteiger partial charge in [-0.2, -0.15) is 0 Å². The predicted molar refractivity (Wildman–Crippen MR) is 91.3 cm³/mol. The summed E-state index contributed by atoms with van der Waals surface area (Å²) in [5.41, 5.74) is 2.49. The maximum Gasteiger partial charge on any atom is 0.339 e. The van der Waals surface area contributed by atoms with Crippen LogP contribution >= 0.6 is 0 Å². The van der Waals surface area contributed by atoms with Crippen LogP contribution in [0, 0.1) is 6.92 Å². The Balaban J connectivity index is 1.75. The van der Waals surface area contributed by atoms with E-state index in [1.54, 1.807) is 0 Å². The van der Waals surface area contributed by atoms with Gasteiger partial charge in [0, 0.05) is 30.9 Å². The lowest BCUT2D eigenvalue weighted by Crippen LogP contribution is -2.38. The number of hydrogen-bond acceptors (Lipinski definition) is 4. The third-order valence-corrected chi connectivity index (χ3v) is 5.03. The summed E-state index contributed by atoms with van der Waals surface area (Å²) < 4.78 is 4.88. The summed E-state index contributed by atoms with van der Waals surface area (Å²) in [5.74, 6) is -0.494. The molecule has 2 N–H and O–H groups in total. The fraction of sp³-hybridized carbons (Fsp3) is 0.667. The van der Waals surface area contributed by atoms with Crippen LogP contribution in [0.15, 0.2) is 0 Å². The molecule has 2 heterocycles. The first-order chi connectivity index (χ1) is 11.5. The van der Waals surface area contributed by atoms with Gasteiger partial charge in [0.15, 0.2) is 0 Å². The second kappa shape index (κ2) is 6.97. The number of esters is 1. The van der Waals surface area contributed by atoms with Gasteiger partial charge in [-0.1, -0.05) is 13.3 Å². The van der Waals surface area contributed by atoms with Crippen LogP contribution in [0.1, 0.15) is 64.7 Å². The smallest absolute Gasteiger partial charge is 0.339 e. The Morgan fingerprint density at radius 2 is 2.08 bits per heavy atom. The first-order valence-electron chi connectivity index (χ1n) is 8.89. The Morgan fingerprint density at radius 3 is 2.71 bits per heavy atom. The van der Waals surface area contributed by atoms with Crippen molar-refractivity contribution in [2.75, 3.05) is 20.2 Å². The average molecular weight is 333 g/mol. The number of amides is 1. The SMILES string of the molecule is CCCc1c(C(=O)N[C@H]2CCN(C3CC3)C2)[nH]c(C)c1C(=O)OC. The normalized spacial score (nSPS) is 21.0. The summed E-state index contributed by atoms with van der Waals surface area (Å²) in [6, 6.07) is 0.930. The number of likely N-dealkylation sites (tertiary alicyclic amines) is 1. The van der Waals surface area contributed by atoms with Crippen molar-refractivity contribution in [1.82, 2.24) is 15.2 Å². The van der Waals surface area contributed by atoms with Gasteiger partial charge in [0.05, 0.1) is 12.7 Å². The second-order valence-electron chi connectivity index (χ2n) is 6.91. The molecule has 3 rings (SSSR count). The molecule has 0 bridgehead atoms. The Bertz CT molecular complexity index is 634. The highest BCUT2D eigenvalue weighted by Gasteiger charge is 2.35. The van der Waals surface area contributed by atoms with Gasteiger partial charge in [-0.25, -0.2) is 4.79 Å². The van der Waals surface area contributed by atoms with Crippen LogP contribution in [0.5, 0.6) is 0 Å². The van der Waals surface area contributed by atoms with Crippen LogP contribution in [0.2, 0.25) is 0 Å². The van der Waals surface area contributed by atoms with Gasteiger partial charge in [0.1, 0.15) is 5.69 Å². The van der Waals surface area contributed by atoms with E-state index in [0.717, 1.165) is 37.5 Å². The zero-order chi connectivity index (χ0) is 17.3. The number of nitrogens with zero attached hydrogens (tertiary/aromatic N) is 1. The van der Waals surface area contributed by atoms with Gasteiger partial charge in [-0.15, -0.1) is 0 Å². The summed E-state index contributed by atoms with van der Waals surface area (Å²) in [7, 11) is 1.37. The van der Waals surface area contributed by atoms with E-state index in [9.17, 15) is 9.59 Å². The number of aromatic amines is 1. The number of nitrogens with one attached hydrogen (secondary N) is 2. The zero-order valence-electron chi connectivity index (χ0n) is 14.8. The van der Waals surface area contributed by atoms with E-state index in [4.69, 9.17) is 4.74 Å². The molecular weight excluding hydrogens is 306 g/mol. The average Bonchev–Trinajstić information content (AvgIpc) is 3.22. The van der Waals surface area contributed by atoms with Gasteiger partial charge in [-0.3, -0.25) is 9.69 Å². The highest BCUT2D eigenvalue weighted by Crippen LogP contribution is 2.30. The topological polar surface area (TPSA) is 74.4 Å². The predicted octanol–water partition coefficient (Wildman–Crippen LogP) is 2.03.